The van der Waals surface area contributed by atoms with Crippen molar-refractivity contribution in [3.8, 4) is 11.5 Å². The summed E-state index contributed by atoms with van der Waals surface area (Å²) in [6, 6.07) is 8.67. The highest BCUT2D eigenvalue weighted by Gasteiger charge is 2.21. The maximum atomic E-state index is 12.7. The Balaban J connectivity index is 1.94. The number of benzene rings is 2. The minimum atomic E-state index is -3.94. The van der Waals surface area contributed by atoms with Gasteiger partial charge in [0.05, 0.1) is 28.7 Å². The topological polar surface area (TPSA) is 111 Å². The van der Waals surface area contributed by atoms with E-state index in [1.807, 2.05) is 0 Å². The number of hydrogen-bond donors (Lipinski definition) is 2. The van der Waals surface area contributed by atoms with Gasteiger partial charge in [-0.05, 0) is 43.8 Å². The zero-order valence-corrected chi connectivity index (χ0v) is 16.5. The predicted octanol–water partition coefficient (Wildman–Crippen LogP) is 1.87. The van der Waals surface area contributed by atoms with Gasteiger partial charge in [0.15, 0.2) is 11.5 Å². The minimum Gasteiger partial charge on any atom is -0.490 e. The molecule has 0 unspecified atom stereocenters. The normalized spacial score (nSPS) is 14.4. The number of fused-ring (bicyclic) bond motifs is 1. The number of hydrogen-bond acceptors (Lipinski definition) is 6. The number of sulfonamides is 2. The number of anilines is 1. The van der Waals surface area contributed by atoms with Gasteiger partial charge < -0.3 is 9.47 Å². The molecule has 1 aliphatic heterocycles. The van der Waals surface area contributed by atoms with Gasteiger partial charge in [0.2, 0.25) is 10.0 Å². The van der Waals surface area contributed by atoms with Gasteiger partial charge in [-0.2, -0.15) is 0 Å². The van der Waals surface area contributed by atoms with Crippen LogP contribution in [0.15, 0.2) is 46.2 Å². The van der Waals surface area contributed by atoms with Gasteiger partial charge >= 0.3 is 0 Å². The van der Waals surface area contributed by atoms with Crippen LogP contribution in [0.2, 0.25) is 0 Å². The van der Waals surface area contributed by atoms with Crippen LogP contribution in [-0.4, -0.2) is 37.1 Å². The van der Waals surface area contributed by atoms with Gasteiger partial charge in [-0.3, -0.25) is 4.72 Å². The second kappa shape index (κ2) is 7.37. The minimum absolute atomic E-state index is 0.00358. The first-order valence-electron chi connectivity index (χ1n) is 8.19. The maximum absolute atomic E-state index is 12.7. The van der Waals surface area contributed by atoms with Crippen molar-refractivity contribution in [2.45, 2.75) is 23.1 Å². The lowest BCUT2D eigenvalue weighted by atomic mass is 10.2. The molecule has 0 fully saturated rings. The summed E-state index contributed by atoms with van der Waals surface area (Å²) in [6.07, 6.45) is 0.709. The van der Waals surface area contributed by atoms with Crippen molar-refractivity contribution in [3.05, 3.63) is 42.0 Å². The summed E-state index contributed by atoms with van der Waals surface area (Å²) in [6.45, 7) is 2.57. The summed E-state index contributed by atoms with van der Waals surface area (Å²) in [4.78, 5) is -0.00536. The molecule has 1 aliphatic rings. The molecular formula is C17H20N2O6S2. The van der Waals surface area contributed by atoms with Crippen LogP contribution >= 0.6 is 0 Å². The zero-order chi connectivity index (χ0) is 19.7. The summed E-state index contributed by atoms with van der Waals surface area (Å²) < 4.78 is 65.3. The van der Waals surface area contributed by atoms with Crippen LogP contribution in [0.4, 0.5) is 5.69 Å². The molecule has 0 saturated heterocycles. The summed E-state index contributed by atoms with van der Waals surface area (Å²) in [5.41, 5.74) is 0.643. The average molecular weight is 412 g/mol. The Morgan fingerprint density at radius 1 is 0.889 bits per heavy atom. The van der Waals surface area contributed by atoms with Crippen molar-refractivity contribution in [2.24, 2.45) is 0 Å². The van der Waals surface area contributed by atoms with Crippen LogP contribution in [0.1, 0.15) is 12.0 Å². The first kappa shape index (κ1) is 19.5. The number of aryl methyl sites for hydroxylation is 1. The third-order valence-corrected chi connectivity index (χ3v) is 6.96. The van der Waals surface area contributed by atoms with Crippen molar-refractivity contribution in [2.75, 3.05) is 25.0 Å². The van der Waals surface area contributed by atoms with Crippen molar-refractivity contribution in [3.63, 3.8) is 0 Å². The third-order valence-electron chi connectivity index (χ3n) is 4.03. The SMILES string of the molecule is CNS(=O)(=O)c1cc(NS(=O)(=O)c2ccc3c(c2)OCCCO3)ccc1C. The van der Waals surface area contributed by atoms with E-state index in [4.69, 9.17) is 9.47 Å². The van der Waals surface area contributed by atoms with Crippen LogP contribution in [0.5, 0.6) is 11.5 Å². The highest BCUT2D eigenvalue weighted by molar-refractivity contribution is 7.92. The summed E-state index contributed by atoms with van der Waals surface area (Å²) in [7, 11) is -6.36. The fourth-order valence-corrected chi connectivity index (χ4v) is 4.65. The molecule has 0 radical (unpaired) electrons. The molecule has 2 aromatic rings. The van der Waals surface area contributed by atoms with Gasteiger partial charge in [0.1, 0.15) is 0 Å². The predicted molar refractivity (Wildman–Crippen MR) is 100 cm³/mol. The molecule has 2 N–H and O–H groups in total. The molecule has 0 amide bonds. The smallest absolute Gasteiger partial charge is 0.262 e. The van der Waals surface area contributed by atoms with E-state index in [0.29, 0.717) is 36.7 Å². The molecule has 0 bridgehead atoms. The monoisotopic (exact) mass is 412 g/mol. The summed E-state index contributed by atoms with van der Waals surface area (Å²) in [5.74, 6) is 0.849. The molecule has 2 aromatic carbocycles. The second-order valence-electron chi connectivity index (χ2n) is 5.95. The van der Waals surface area contributed by atoms with Crippen molar-refractivity contribution >= 4 is 25.7 Å². The van der Waals surface area contributed by atoms with Crippen LogP contribution in [0.25, 0.3) is 0 Å². The Morgan fingerprint density at radius 3 is 2.30 bits per heavy atom. The van der Waals surface area contributed by atoms with Gasteiger partial charge in [0, 0.05) is 12.5 Å². The molecule has 0 aliphatic carbocycles. The van der Waals surface area contributed by atoms with Gasteiger partial charge in [-0.1, -0.05) is 6.07 Å². The molecule has 0 aromatic heterocycles. The quantitative estimate of drug-likeness (QED) is 0.776. The van der Waals surface area contributed by atoms with Crippen molar-refractivity contribution in [1.82, 2.24) is 4.72 Å². The molecule has 27 heavy (non-hydrogen) atoms. The van der Waals surface area contributed by atoms with Crippen LogP contribution in [0.3, 0.4) is 0 Å². The average Bonchev–Trinajstić information content (AvgIpc) is 2.87. The van der Waals surface area contributed by atoms with Crippen molar-refractivity contribution in [1.29, 1.82) is 0 Å². The Morgan fingerprint density at radius 2 is 1.59 bits per heavy atom. The first-order chi connectivity index (χ1) is 12.7. The third kappa shape index (κ3) is 4.18. The van der Waals surface area contributed by atoms with E-state index in [1.165, 1.54) is 37.4 Å². The molecule has 0 spiro atoms. The van der Waals surface area contributed by atoms with Gasteiger partial charge in [-0.15, -0.1) is 0 Å². The second-order valence-corrected chi connectivity index (χ2v) is 9.49. The van der Waals surface area contributed by atoms with Crippen molar-refractivity contribution < 1.29 is 26.3 Å². The number of nitrogens with one attached hydrogen (secondary N) is 2. The molecule has 146 valence electrons. The lowest BCUT2D eigenvalue weighted by Crippen LogP contribution is -2.20. The molecular weight excluding hydrogens is 392 g/mol. The van der Waals surface area contributed by atoms with Crippen LogP contribution in [-0.2, 0) is 20.0 Å². The highest BCUT2D eigenvalue weighted by atomic mass is 32.2. The molecule has 0 atom stereocenters. The highest BCUT2D eigenvalue weighted by Crippen LogP contribution is 2.32. The van der Waals surface area contributed by atoms with Crippen LogP contribution < -0.4 is 18.9 Å². The maximum Gasteiger partial charge on any atom is 0.262 e. The summed E-state index contributed by atoms with van der Waals surface area (Å²) in [5, 5.41) is 0. The molecule has 3 rings (SSSR count). The summed E-state index contributed by atoms with van der Waals surface area (Å²) >= 11 is 0. The van der Waals surface area contributed by atoms with E-state index in [9.17, 15) is 16.8 Å². The molecule has 0 saturated carbocycles. The van der Waals surface area contributed by atoms with Gasteiger partial charge in [-0.25, -0.2) is 21.6 Å². The molecule has 10 heteroatoms. The van der Waals surface area contributed by atoms with E-state index in [1.54, 1.807) is 13.0 Å². The van der Waals surface area contributed by atoms with E-state index >= 15 is 0 Å². The Hall–Kier alpha value is -2.30. The first-order valence-corrected chi connectivity index (χ1v) is 11.2. The largest absolute Gasteiger partial charge is 0.490 e. The Bertz CT molecular complexity index is 1060. The number of rotatable bonds is 5. The Kier molecular flexibility index (Phi) is 5.31. The number of ether oxygens (including phenoxy) is 2. The Labute approximate surface area is 158 Å². The van der Waals surface area contributed by atoms with Gasteiger partial charge in [0.25, 0.3) is 10.0 Å². The zero-order valence-electron chi connectivity index (χ0n) is 14.9. The fraction of sp³-hybridized carbons (Fsp3) is 0.294. The molecule has 8 nitrogen and oxygen atoms in total. The van der Waals surface area contributed by atoms with E-state index in [-0.39, 0.29) is 15.5 Å². The van der Waals surface area contributed by atoms with E-state index in [0.717, 1.165) is 0 Å². The lowest BCUT2D eigenvalue weighted by Gasteiger charge is -2.13. The standard InChI is InChI=1S/C17H20N2O6S2/c1-12-4-5-13(10-17(12)27(22,23)18-2)19-26(20,21)14-6-7-15-16(11-14)25-9-3-8-24-15/h4-7,10-11,18-19H,3,8-9H2,1-2H3. The lowest BCUT2D eigenvalue weighted by molar-refractivity contribution is 0.297. The van der Waals surface area contributed by atoms with E-state index in [2.05, 4.69) is 9.44 Å². The molecule has 1 heterocycles. The fourth-order valence-electron chi connectivity index (χ4n) is 2.59. The van der Waals surface area contributed by atoms with Crippen LogP contribution in [0, 0.1) is 6.92 Å². The van der Waals surface area contributed by atoms with E-state index < -0.39 is 20.0 Å².